The first-order chi connectivity index (χ1) is 12.8. The van der Waals surface area contributed by atoms with Gasteiger partial charge < -0.3 is 4.43 Å². The Kier molecular flexibility index (Phi) is 8.88. The van der Waals surface area contributed by atoms with Gasteiger partial charge in [0.25, 0.3) is 0 Å². The summed E-state index contributed by atoms with van der Waals surface area (Å²) in [6.45, 7) is 17.2. The minimum absolute atomic E-state index is 0.131. The number of hydrogen-bond donors (Lipinski definition) is 0. The third kappa shape index (κ3) is 8.56. The molecule has 1 rings (SSSR count). The van der Waals surface area contributed by atoms with Crippen LogP contribution in [-0.4, -0.2) is 45.7 Å². The monoisotopic (exact) mass is 399 g/mol. The molecule has 0 fully saturated rings. The van der Waals surface area contributed by atoms with Crippen LogP contribution < -0.4 is 0 Å². The van der Waals surface area contributed by atoms with Crippen molar-refractivity contribution in [3.8, 4) is 11.8 Å². The van der Waals surface area contributed by atoms with Crippen LogP contribution in [-0.2, 0) is 4.43 Å². The first kappa shape index (κ1) is 24.4. The van der Waals surface area contributed by atoms with Crippen molar-refractivity contribution in [2.45, 2.75) is 52.8 Å². The molecule has 0 aliphatic heterocycles. The fourth-order valence-electron chi connectivity index (χ4n) is 2.17. The summed E-state index contributed by atoms with van der Waals surface area (Å²) in [4.78, 5) is 14.2. The number of hydrogen-bond acceptors (Lipinski definition) is 3. The molecule has 0 aliphatic carbocycles. The van der Waals surface area contributed by atoms with E-state index in [1.165, 1.54) is 0 Å². The van der Waals surface area contributed by atoms with E-state index >= 15 is 0 Å². The van der Waals surface area contributed by atoms with Gasteiger partial charge in [0, 0.05) is 24.1 Å². The van der Waals surface area contributed by atoms with E-state index in [4.69, 9.17) is 4.43 Å². The fourth-order valence-corrected chi connectivity index (χ4v) is 3.32. The Balaban J connectivity index is 2.47. The third-order valence-corrected chi connectivity index (χ3v) is 9.62. The second-order valence-corrected chi connectivity index (χ2v) is 14.4. The molecule has 0 N–H and O–H groups in total. The zero-order valence-electron chi connectivity index (χ0n) is 18.9. The van der Waals surface area contributed by atoms with E-state index in [0.29, 0.717) is 19.7 Å². The van der Waals surface area contributed by atoms with Gasteiger partial charge in [-0.15, -0.1) is 0 Å². The number of ketones is 1. The number of rotatable bonds is 8. The average molecular weight is 400 g/mol. The van der Waals surface area contributed by atoms with Crippen LogP contribution in [0.4, 0.5) is 0 Å². The highest BCUT2D eigenvalue weighted by Crippen LogP contribution is 2.37. The van der Waals surface area contributed by atoms with E-state index in [-0.39, 0.29) is 16.2 Å². The molecule has 0 heterocycles. The Morgan fingerprint density at radius 3 is 2.32 bits per heavy atom. The van der Waals surface area contributed by atoms with Gasteiger partial charge >= 0.3 is 0 Å². The summed E-state index contributed by atoms with van der Waals surface area (Å²) in [6.07, 6.45) is 3.87. The molecule has 0 saturated carbocycles. The van der Waals surface area contributed by atoms with Crippen molar-refractivity contribution in [1.82, 2.24) is 4.90 Å². The van der Waals surface area contributed by atoms with Gasteiger partial charge in [-0.1, -0.05) is 69.0 Å². The lowest BCUT2D eigenvalue weighted by atomic mass is 9.96. The minimum atomic E-state index is -1.75. The number of nitrogens with zero attached hydrogens (tertiary/aromatic N) is 1. The largest absolute Gasteiger partial charge is 0.415 e. The molecule has 1 aromatic rings. The molecule has 0 amide bonds. The van der Waals surface area contributed by atoms with Crippen molar-refractivity contribution in [3.63, 3.8) is 0 Å². The number of Topliss-reactive ketones (excluding diaryl/α,β-unsaturated/α-hetero) is 1. The second kappa shape index (κ2) is 10.2. The first-order valence-corrected chi connectivity index (χ1v) is 12.8. The van der Waals surface area contributed by atoms with Crippen molar-refractivity contribution in [2.24, 2.45) is 5.41 Å². The lowest BCUT2D eigenvalue weighted by Crippen LogP contribution is -2.42. The highest BCUT2D eigenvalue weighted by molar-refractivity contribution is 6.74. The van der Waals surface area contributed by atoms with Crippen LogP contribution in [0.1, 0.15) is 45.0 Å². The molecule has 28 heavy (non-hydrogen) atoms. The zero-order valence-corrected chi connectivity index (χ0v) is 19.9. The van der Waals surface area contributed by atoms with Crippen LogP contribution in [0.15, 0.2) is 42.5 Å². The molecule has 0 aliphatic rings. The van der Waals surface area contributed by atoms with Crippen molar-refractivity contribution in [3.05, 3.63) is 48.0 Å². The number of likely N-dealkylation sites (N-methyl/N-ethyl adjacent to an activating group) is 1. The van der Waals surface area contributed by atoms with Crippen molar-refractivity contribution in [2.75, 3.05) is 26.7 Å². The van der Waals surface area contributed by atoms with Gasteiger partial charge in [-0.2, -0.15) is 0 Å². The lowest BCUT2D eigenvalue weighted by Gasteiger charge is -2.38. The maximum atomic E-state index is 12.2. The summed E-state index contributed by atoms with van der Waals surface area (Å²) in [5.74, 6) is 6.56. The predicted octanol–water partition coefficient (Wildman–Crippen LogP) is 5.41. The van der Waals surface area contributed by atoms with Gasteiger partial charge in [-0.3, -0.25) is 9.69 Å². The smallest absolute Gasteiger partial charge is 0.192 e. The average Bonchev–Trinajstić information content (AvgIpc) is 2.59. The molecule has 0 atom stereocenters. The van der Waals surface area contributed by atoms with Crippen LogP contribution in [0.5, 0.6) is 0 Å². The number of carbonyl (C=O) groups is 1. The molecular formula is C24H37NO2Si. The summed E-state index contributed by atoms with van der Waals surface area (Å²) in [7, 11) is 0.188. The number of benzene rings is 1. The fraction of sp³-hybridized carbons (Fsp3) is 0.542. The van der Waals surface area contributed by atoms with E-state index in [0.717, 1.165) is 5.56 Å². The van der Waals surface area contributed by atoms with Crippen LogP contribution in [0.3, 0.4) is 0 Å². The van der Waals surface area contributed by atoms with E-state index in [2.05, 4.69) is 59.6 Å². The first-order valence-electron chi connectivity index (χ1n) is 9.92. The Morgan fingerprint density at radius 1 is 1.14 bits per heavy atom. The Labute approximate surface area is 173 Å². The van der Waals surface area contributed by atoms with E-state index in [1.807, 2.05) is 54.4 Å². The Bertz CT molecular complexity index is 718. The maximum Gasteiger partial charge on any atom is 0.192 e. The van der Waals surface area contributed by atoms with Gasteiger partial charge in [0.1, 0.15) is 0 Å². The number of allylic oxidation sites excluding steroid dienone is 1. The third-order valence-electron chi connectivity index (χ3n) is 5.14. The molecule has 3 nitrogen and oxygen atoms in total. The van der Waals surface area contributed by atoms with E-state index in [9.17, 15) is 4.79 Å². The molecule has 0 radical (unpaired) electrons. The molecule has 0 saturated heterocycles. The van der Waals surface area contributed by atoms with Gasteiger partial charge in [0.15, 0.2) is 14.1 Å². The molecule has 4 heteroatoms. The van der Waals surface area contributed by atoms with E-state index in [1.54, 1.807) is 0 Å². The topological polar surface area (TPSA) is 29.5 Å². The standard InChI is InChI=1S/C24H37NO2Si/c1-23(2,3)28(7,8)27-20-24(4,5)17-13-10-14-18-25(6)19-22(26)21-15-11-9-12-16-21/h9-12,14-16H,18-20H2,1-8H3/b14-10+. The summed E-state index contributed by atoms with van der Waals surface area (Å²) in [5, 5.41) is 0.207. The predicted molar refractivity (Wildman–Crippen MR) is 122 cm³/mol. The highest BCUT2D eigenvalue weighted by atomic mass is 28.4. The van der Waals surface area contributed by atoms with Gasteiger partial charge in [0.05, 0.1) is 6.54 Å². The molecule has 0 aromatic heterocycles. The summed E-state index contributed by atoms with van der Waals surface area (Å²) in [5.41, 5.74) is 0.566. The summed E-state index contributed by atoms with van der Waals surface area (Å²) >= 11 is 0. The van der Waals surface area contributed by atoms with Crippen LogP contribution >= 0.6 is 0 Å². The van der Waals surface area contributed by atoms with Gasteiger partial charge in [0.2, 0.25) is 0 Å². The molecular weight excluding hydrogens is 362 g/mol. The van der Waals surface area contributed by atoms with Crippen molar-refractivity contribution in [1.29, 1.82) is 0 Å². The minimum Gasteiger partial charge on any atom is -0.415 e. The Morgan fingerprint density at radius 2 is 1.75 bits per heavy atom. The molecule has 0 spiro atoms. The molecule has 1 aromatic carbocycles. The highest BCUT2D eigenvalue weighted by Gasteiger charge is 2.38. The van der Waals surface area contributed by atoms with Crippen LogP contribution in [0.25, 0.3) is 0 Å². The lowest BCUT2D eigenvalue weighted by molar-refractivity contribution is 0.0952. The molecule has 154 valence electrons. The summed E-state index contributed by atoms with van der Waals surface area (Å²) < 4.78 is 6.31. The van der Waals surface area contributed by atoms with Gasteiger partial charge in [-0.05, 0) is 45.1 Å². The number of carbonyl (C=O) groups excluding carboxylic acids is 1. The van der Waals surface area contributed by atoms with Crippen LogP contribution in [0, 0.1) is 17.3 Å². The van der Waals surface area contributed by atoms with Gasteiger partial charge in [-0.25, -0.2) is 0 Å². The van der Waals surface area contributed by atoms with E-state index < -0.39 is 8.32 Å². The molecule has 0 unspecified atom stereocenters. The SMILES string of the molecule is CN(C/C=C/C#CC(C)(C)CO[Si](C)(C)C(C)(C)C)CC(=O)c1ccccc1. The van der Waals surface area contributed by atoms with Crippen molar-refractivity contribution < 1.29 is 9.22 Å². The van der Waals surface area contributed by atoms with Crippen molar-refractivity contribution >= 4 is 14.1 Å². The quantitative estimate of drug-likeness (QED) is 0.333. The zero-order chi connectivity index (χ0) is 21.4. The second-order valence-electron chi connectivity index (χ2n) is 9.59. The molecule has 0 bridgehead atoms. The maximum absolute atomic E-state index is 12.2. The van der Waals surface area contributed by atoms with Crippen LogP contribution in [0.2, 0.25) is 18.1 Å². The Hall–Kier alpha value is -1.67. The summed E-state index contributed by atoms with van der Waals surface area (Å²) in [6, 6.07) is 9.40. The normalized spacial score (nSPS) is 12.9.